The van der Waals surface area contributed by atoms with E-state index in [0.717, 1.165) is 109 Å². The monoisotopic (exact) mass is 1080 g/mol. The number of carbonyl (C=O) groups excluding carboxylic acids is 2. The summed E-state index contributed by atoms with van der Waals surface area (Å²) in [4.78, 5) is 26.5. The van der Waals surface area contributed by atoms with E-state index in [0.29, 0.717) is 12.8 Å². The smallest absolute Gasteiger partial charge is 0.306 e. The number of aliphatic hydroxyl groups is 5. The van der Waals surface area contributed by atoms with Gasteiger partial charge in [-0.25, -0.2) is 0 Å². The lowest BCUT2D eigenvalue weighted by atomic mass is 9.99. The quantitative estimate of drug-likeness (QED) is 0.0195. The minimum Gasteiger partial charge on any atom is -0.454 e. The molecular formula is C66H109NO10. The Bertz CT molecular complexity index is 1710. The summed E-state index contributed by atoms with van der Waals surface area (Å²) in [5.41, 5.74) is 0. The van der Waals surface area contributed by atoms with E-state index in [1.807, 2.05) is 18.2 Å². The van der Waals surface area contributed by atoms with Crippen molar-refractivity contribution >= 4 is 11.9 Å². The molecule has 1 saturated heterocycles. The Morgan fingerprint density at radius 1 is 0.519 bits per heavy atom. The van der Waals surface area contributed by atoms with E-state index < -0.39 is 67.4 Å². The van der Waals surface area contributed by atoms with Crippen LogP contribution >= 0.6 is 0 Å². The van der Waals surface area contributed by atoms with E-state index in [1.165, 1.54) is 64.2 Å². The van der Waals surface area contributed by atoms with Crippen molar-refractivity contribution < 1.29 is 49.3 Å². The van der Waals surface area contributed by atoms with Crippen molar-refractivity contribution in [2.24, 2.45) is 0 Å². The van der Waals surface area contributed by atoms with Crippen LogP contribution in [0.15, 0.2) is 122 Å². The highest BCUT2D eigenvalue weighted by Gasteiger charge is 2.47. The van der Waals surface area contributed by atoms with Gasteiger partial charge in [0.1, 0.15) is 24.4 Å². The van der Waals surface area contributed by atoms with Crippen LogP contribution in [0.4, 0.5) is 0 Å². The minimum absolute atomic E-state index is 0.0886. The predicted octanol–water partition coefficient (Wildman–Crippen LogP) is 14.3. The Hall–Kier alpha value is -3.94. The Labute approximate surface area is 468 Å². The van der Waals surface area contributed by atoms with Gasteiger partial charge in [-0.3, -0.25) is 9.59 Å². The Morgan fingerprint density at radius 3 is 1.43 bits per heavy atom. The molecule has 438 valence electrons. The third-order valence-corrected chi connectivity index (χ3v) is 13.4. The average molecular weight is 1080 g/mol. The molecule has 0 saturated carbocycles. The van der Waals surface area contributed by atoms with Crippen LogP contribution in [0.3, 0.4) is 0 Å². The maximum atomic E-state index is 13.4. The second-order valence-electron chi connectivity index (χ2n) is 20.3. The van der Waals surface area contributed by atoms with Crippen molar-refractivity contribution in [3.8, 4) is 0 Å². The molecule has 1 aliphatic heterocycles. The van der Waals surface area contributed by atoms with Crippen molar-refractivity contribution in [2.75, 3.05) is 13.2 Å². The van der Waals surface area contributed by atoms with Gasteiger partial charge in [-0.15, -0.1) is 0 Å². The van der Waals surface area contributed by atoms with Gasteiger partial charge >= 0.3 is 5.97 Å². The summed E-state index contributed by atoms with van der Waals surface area (Å²) in [6.07, 6.45) is 62.4. The standard InChI is InChI=1S/C66H109NO10/c1-4-7-10-13-16-19-22-24-26-28-29-30-31-32-34-36-39-42-45-48-51-54-61(71)77-64-63(73)62(72)60(55-68)76-66(64)75-56-57(58(69)52-49-46-43-40-37-21-18-15-12-9-6-3)67-65(74)59(70)53-50-47-44-41-38-35-33-27-25-23-20-17-14-11-8-5-2/h8,11,16-17,19-20,24-27,29-30,32,34-35,38,44,47,49,52,57-60,62-64,66,68-70,72-73H,4-7,9-10,12-15,18,21-23,28,31,33,36-37,39-43,45-46,48,50-51,53-56H2,1-3H3,(H,67,74)/b11-8-,19-16-,20-17-,26-24-,27-25-,30-29-,34-32-,38-35-,47-44-,52-49+. The molecule has 6 N–H and O–H groups in total. The maximum absolute atomic E-state index is 13.4. The Kier molecular flexibility index (Phi) is 48.7. The van der Waals surface area contributed by atoms with E-state index in [1.54, 1.807) is 6.08 Å². The molecule has 1 aliphatic rings. The summed E-state index contributed by atoms with van der Waals surface area (Å²) in [7, 11) is 0. The van der Waals surface area contributed by atoms with E-state index in [-0.39, 0.29) is 19.4 Å². The number of amides is 1. The van der Waals surface area contributed by atoms with Gasteiger partial charge < -0.3 is 45.1 Å². The highest BCUT2D eigenvalue weighted by molar-refractivity contribution is 5.80. The summed E-state index contributed by atoms with van der Waals surface area (Å²) < 4.78 is 17.6. The van der Waals surface area contributed by atoms with Gasteiger partial charge in [0.2, 0.25) is 5.91 Å². The summed E-state index contributed by atoms with van der Waals surface area (Å²) in [6, 6.07) is -1.07. The number of unbranched alkanes of at least 4 members (excludes halogenated alkanes) is 17. The van der Waals surface area contributed by atoms with Gasteiger partial charge in [0.15, 0.2) is 12.4 Å². The first-order valence-electron chi connectivity index (χ1n) is 30.3. The van der Waals surface area contributed by atoms with Crippen LogP contribution in [0.1, 0.15) is 220 Å². The van der Waals surface area contributed by atoms with Gasteiger partial charge in [-0.1, -0.05) is 226 Å². The van der Waals surface area contributed by atoms with Crippen molar-refractivity contribution in [1.29, 1.82) is 0 Å². The fraction of sp³-hybridized carbons (Fsp3) is 0.667. The number of esters is 1. The molecule has 1 rings (SSSR count). The van der Waals surface area contributed by atoms with Gasteiger partial charge in [0.05, 0.1) is 25.4 Å². The van der Waals surface area contributed by atoms with Gasteiger partial charge in [0.25, 0.3) is 0 Å². The van der Waals surface area contributed by atoms with Crippen molar-refractivity contribution in [3.05, 3.63) is 122 Å². The largest absolute Gasteiger partial charge is 0.454 e. The molecule has 0 radical (unpaired) electrons. The highest BCUT2D eigenvalue weighted by atomic mass is 16.7. The van der Waals surface area contributed by atoms with Gasteiger partial charge in [-0.05, 0) is 109 Å². The fourth-order valence-electron chi connectivity index (χ4n) is 8.55. The third-order valence-electron chi connectivity index (χ3n) is 13.4. The van der Waals surface area contributed by atoms with Crippen molar-refractivity contribution in [1.82, 2.24) is 5.32 Å². The molecule has 1 fully saturated rings. The van der Waals surface area contributed by atoms with Crippen molar-refractivity contribution in [3.63, 3.8) is 0 Å². The second-order valence-corrected chi connectivity index (χ2v) is 20.3. The molecule has 11 heteroatoms. The van der Waals surface area contributed by atoms with Gasteiger partial charge in [0, 0.05) is 6.42 Å². The number of ether oxygens (including phenoxy) is 3. The number of hydrogen-bond acceptors (Lipinski definition) is 10. The van der Waals surface area contributed by atoms with Crippen LogP contribution in [0.5, 0.6) is 0 Å². The van der Waals surface area contributed by atoms with Crippen LogP contribution in [0, 0.1) is 0 Å². The molecule has 8 atom stereocenters. The summed E-state index contributed by atoms with van der Waals surface area (Å²) in [5, 5.41) is 56.8. The number of allylic oxidation sites excluding steroid dienone is 19. The summed E-state index contributed by atoms with van der Waals surface area (Å²) in [6.45, 7) is 5.57. The topological polar surface area (TPSA) is 175 Å². The Morgan fingerprint density at radius 2 is 0.935 bits per heavy atom. The summed E-state index contributed by atoms with van der Waals surface area (Å²) >= 11 is 0. The van der Waals surface area contributed by atoms with Crippen LogP contribution in [0.25, 0.3) is 0 Å². The number of aliphatic hydroxyl groups excluding tert-OH is 5. The lowest BCUT2D eigenvalue weighted by Crippen LogP contribution is -2.61. The Balaban J connectivity index is 2.73. The highest BCUT2D eigenvalue weighted by Crippen LogP contribution is 2.26. The van der Waals surface area contributed by atoms with Crippen LogP contribution in [-0.4, -0.2) is 99.6 Å². The fourth-order valence-corrected chi connectivity index (χ4v) is 8.55. The molecule has 0 aromatic heterocycles. The zero-order chi connectivity index (χ0) is 56.1. The third kappa shape index (κ3) is 40.8. The zero-order valence-electron chi connectivity index (χ0n) is 48.3. The number of nitrogens with one attached hydrogen (secondary N) is 1. The SMILES string of the molecule is CC/C=C\C/C=C\C/C=C\C/C=C\C/C=C\CCC(O)C(=O)NC(COC1OC(CO)C(O)C(O)C1OC(=O)CCCCCCC/C=C\C/C=C\C/C=C\C/C=C\CCCCC)C(O)/C=C/CCCCCCCCCCC. The molecule has 0 aromatic carbocycles. The lowest BCUT2D eigenvalue weighted by Gasteiger charge is -2.41. The zero-order valence-corrected chi connectivity index (χ0v) is 48.3. The average Bonchev–Trinajstić information content (AvgIpc) is 3.43. The molecule has 77 heavy (non-hydrogen) atoms. The first-order chi connectivity index (χ1) is 37.7. The normalized spacial score (nSPS) is 19.9. The molecule has 11 nitrogen and oxygen atoms in total. The molecule has 0 aromatic rings. The predicted molar refractivity (Wildman–Crippen MR) is 319 cm³/mol. The molecule has 0 aliphatic carbocycles. The van der Waals surface area contributed by atoms with Gasteiger partial charge in [-0.2, -0.15) is 0 Å². The first-order valence-corrected chi connectivity index (χ1v) is 30.3. The van der Waals surface area contributed by atoms with Crippen LogP contribution < -0.4 is 5.32 Å². The molecular weight excluding hydrogens is 967 g/mol. The number of rotatable bonds is 49. The van der Waals surface area contributed by atoms with Crippen molar-refractivity contribution in [2.45, 2.75) is 269 Å². The van der Waals surface area contributed by atoms with E-state index in [2.05, 4.69) is 123 Å². The van der Waals surface area contributed by atoms with E-state index in [9.17, 15) is 35.1 Å². The van der Waals surface area contributed by atoms with E-state index >= 15 is 0 Å². The number of carbonyl (C=O) groups is 2. The minimum atomic E-state index is -1.64. The molecule has 1 amide bonds. The maximum Gasteiger partial charge on any atom is 0.306 e. The molecule has 1 heterocycles. The van der Waals surface area contributed by atoms with Crippen LogP contribution in [-0.2, 0) is 23.8 Å². The molecule has 0 bridgehead atoms. The first kappa shape index (κ1) is 71.1. The molecule has 0 spiro atoms. The second kappa shape index (κ2) is 52.7. The summed E-state index contributed by atoms with van der Waals surface area (Å²) in [5.74, 6) is -1.29. The molecule has 8 unspecified atom stereocenters. The lowest BCUT2D eigenvalue weighted by molar-refractivity contribution is -0.305. The van der Waals surface area contributed by atoms with Crippen LogP contribution in [0.2, 0.25) is 0 Å². The number of hydrogen-bond donors (Lipinski definition) is 6. The van der Waals surface area contributed by atoms with E-state index in [4.69, 9.17) is 14.2 Å².